The molecule has 1 fully saturated rings. The second-order valence-electron chi connectivity index (χ2n) is 10.3. The van der Waals surface area contributed by atoms with Crippen LogP contribution in [-0.4, -0.2) is 11.8 Å². The maximum absolute atomic E-state index is 5.48. The summed E-state index contributed by atoms with van der Waals surface area (Å²) >= 11 is 0. The van der Waals surface area contributed by atoms with Crippen molar-refractivity contribution in [3.8, 4) is 0 Å². The van der Waals surface area contributed by atoms with Gasteiger partial charge in [0.05, 0.1) is 6.04 Å². The number of allylic oxidation sites excluding steroid dienone is 3. The maximum atomic E-state index is 5.48. The SMILES string of the molecule is C=CC1CC(C)C1CC1CC2C=CC(C(C)C)CC(C(C(C)C)=N1)C2C. The van der Waals surface area contributed by atoms with Gasteiger partial charge in [-0.1, -0.05) is 59.8 Å². The van der Waals surface area contributed by atoms with Crippen molar-refractivity contribution in [2.24, 2.45) is 58.3 Å². The largest absolute Gasteiger partial charge is 0.290 e. The molecule has 0 saturated heterocycles. The van der Waals surface area contributed by atoms with Gasteiger partial charge in [0.2, 0.25) is 0 Å². The lowest BCUT2D eigenvalue weighted by atomic mass is 9.63. The van der Waals surface area contributed by atoms with Crippen molar-refractivity contribution in [3.63, 3.8) is 0 Å². The van der Waals surface area contributed by atoms with Crippen molar-refractivity contribution < 1.29 is 0 Å². The Morgan fingerprint density at radius 2 is 1.85 bits per heavy atom. The average Bonchev–Trinajstić information content (AvgIpc) is 2.83. The van der Waals surface area contributed by atoms with E-state index in [9.17, 15) is 0 Å². The van der Waals surface area contributed by atoms with Crippen LogP contribution < -0.4 is 0 Å². The van der Waals surface area contributed by atoms with Crippen LogP contribution in [0.1, 0.15) is 67.2 Å². The molecule has 0 aromatic heterocycles. The Balaban J connectivity index is 1.86. The highest BCUT2D eigenvalue weighted by Gasteiger charge is 2.41. The van der Waals surface area contributed by atoms with Crippen molar-refractivity contribution in [2.75, 3.05) is 0 Å². The van der Waals surface area contributed by atoms with Crippen molar-refractivity contribution in [3.05, 3.63) is 24.8 Å². The van der Waals surface area contributed by atoms with Crippen LogP contribution in [0.5, 0.6) is 0 Å². The standard InChI is InChI=1S/C25H41N/c1-8-19-11-17(6)23(19)14-22-12-21-10-9-20(15(2)3)13-24(18(21)7)25(26-22)16(4)5/h8-10,15-24H,1,11-14H2,2-7H3. The van der Waals surface area contributed by atoms with Gasteiger partial charge in [-0.3, -0.25) is 4.99 Å². The molecule has 2 bridgehead atoms. The van der Waals surface area contributed by atoms with E-state index < -0.39 is 0 Å². The Hall–Kier alpha value is -0.850. The molecule has 1 nitrogen and oxygen atoms in total. The van der Waals surface area contributed by atoms with Crippen LogP contribution in [0.4, 0.5) is 0 Å². The van der Waals surface area contributed by atoms with E-state index >= 15 is 0 Å². The van der Waals surface area contributed by atoms with E-state index in [-0.39, 0.29) is 0 Å². The molecule has 0 aromatic rings. The minimum Gasteiger partial charge on any atom is -0.290 e. The average molecular weight is 356 g/mol. The van der Waals surface area contributed by atoms with E-state index in [1.807, 2.05) is 0 Å². The van der Waals surface area contributed by atoms with Crippen LogP contribution in [0.3, 0.4) is 0 Å². The van der Waals surface area contributed by atoms with E-state index in [4.69, 9.17) is 4.99 Å². The summed E-state index contributed by atoms with van der Waals surface area (Å²) in [4.78, 5) is 5.48. The van der Waals surface area contributed by atoms with Gasteiger partial charge in [0.1, 0.15) is 0 Å². The van der Waals surface area contributed by atoms with Crippen molar-refractivity contribution in [1.29, 1.82) is 0 Å². The zero-order valence-electron chi connectivity index (χ0n) is 18.0. The number of rotatable bonds is 5. The lowest BCUT2D eigenvalue weighted by Gasteiger charge is -2.43. The van der Waals surface area contributed by atoms with Crippen LogP contribution in [0.25, 0.3) is 0 Å². The number of hydrogen-bond donors (Lipinski definition) is 0. The summed E-state index contributed by atoms with van der Waals surface area (Å²) in [5.74, 6) is 6.49. The fourth-order valence-corrected chi connectivity index (χ4v) is 5.92. The molecule has 1 heteroatoms. The summed E-state index contributed by atoms with van der Waals surface area (Å²) in [6.45, 7) is 18.5. The van der Waals surface area contributed by atoms with E-state index in [0.29, 0.717) is 29.7 Å². The van der Waals surface area contributed by atoms with Crippen LogP contribution in [0.2, 0.25) is 0 Å². The minimum atomic E-state index is 0.514. The summed E-state index contributed by atoms with van der Waals surface area (Å²) in [5.41, 5.74) is 1.53. The molecular formula is C25H41N. The van der Waals surface area contributed by atoms with Crippen molar-refractivity contribution in [1.82, 2.24) is 0 Å². The Kier molecular flexibility index (Phi) is 6.14. The van der Waals surface area contributed by atoms with E-state index in [0.717, 1.165) is 29.6 Å². The van der Waals surface area contributed by atoms with Crippen LogP contribution in [0, 0.1) is 53.3 Å². The van der Waals surface area contributed by atoms with Gasteiger partial charge < -0.3 is 0 Å². The molecule has 26 heavy (non-hydrogen) atoms. The van der Waals surface area contributed by atoms with Gasteiger partial charge in [0.15, 0.2) is 0 Å². The highest BCUT2D eigenvalue weighted by molar-refractivity contribution is 5.89. The molecule has 0 aromatic carbocycles. The van der Waals surface area contributed by atoms with Gasteiger partial charge in [-0.05, 0) is 73.0 Å². The highest BCUT2D eigenvalue weighted by atomic mass is 14.8. The number of aliphatic imine (C=N–C) groups is 1. The van der Waals surface area contributed by atoms with Crippen LogP contribution in [0.15, 0.2) is 29.8 Å². The zero-order valence-corrected chi connectivity index (χ0v) is 18.0. The van der Waals surface area contributed by atoms with Crippen LogP contribution >= 0.6 is 0 Å². The fourth-order valence-electron chi connectivity index (χ4n) is 5.92. The Morgan fingerprint density at radius 1 is 1.12 bits per heavy atom. The third-order valence-electron chi connectivity index (χ3n) is 7.92. The molecule has 1 heterocycles. The van der Waals surface area contributed by atoms with Gasteiger partial charge in [-0.25, -0.2) is 0 Å². The summed E-state index contributed by atoms with van der Waals surface area (Å²) in [6, 6.07) is 0.514. The molecule has 0 radical (unpaired) electrons. The predicted octanol–water partition coefficient (Wildman–Crippen LogP) is 6.80. The summed E-state index contributed by atoms with van der Waals surface area (Å²) in [5, 5.41) is 0. The monoisotopic (exact) mass is 355 g/mol. The first-order valence-electron chi connectivity index (χ1n) is 11.2. The highest BCUT2D eigenvalue weighted by Crippen LogP contribution is 2.47. The van der Waals surface area contributed by atoms with Gasteiger partial charge >= 0.3 is 0 Å². The first-order valence-corrected chi connectivity index (χ1v) is 11.2. The summed E-state index contributed by atoms with van der Waals surface area (Å²) < 4.78 is 0. The molecule has 8 unspecified atom stereocenters. The molecule has 3 aliphatic rings. The molecule has 3 rings (SSSR count). The Morgan fingerprint density at radius 3 is 2.42 bits per heavy atom. The van der Waals surface area contributed by atoms with E-state index in [1.54, 1.807) is 0 Å². The Labute approximate surface area is 162 Å². The minimum absolute atomic E-state index is 0.514. The molecular weight excluding hydrogens is 314 g/mol. The Bertz CT molecular complexity index is 555. The summed E-state index contributed by atoms with van der Waals surface area (Å²) in [6.07, 6.45) is 12.5. The predicted molar refractivity (Wildman–Crippen MR) is 114 cm³/mol. The third kappa shape index (κ3) is 3.87. The second-order valence-corrected chi connectivity index (χ2v) is 10.3. The van der Waals surface area contributed by atoms with Crippen molar-refractivity contribution >= 4 is 5.71 Å². The lowest BCUT2D eigenvalue weighted by Crippen LogP contribution is -2.36. The first kappa shape index (κ1) is 19.9. The van der Waals surface area contributed by atoms with Gasteiger partial charge in [-0.15, -0.1) is 6.58 Å². The summed E-state index contributed by atoms with van der Waals surface area (Å²) in [7, 11) is 0. The maximum Gasteiger partial charge on any atom is 0.0507 e. The van der Waals surface area contributed by atoms with Gasteiger partial charge in [0, 0.05) is 11.6 Å². The lowest BCUT2D eigenvalue weighted by molar-refractivity contribution is 0.104. The molecule has 8 atom stereocenters. The number of fused-ring (bicyclic) bond motifs is 2. The van der Waals surface area contributed by atoms with E-state index in [1.165, 1.54) is 31.4 Å². The topological polar surface area (TPSA) is 12.4 Å². The fraction of sp³-hybridized carbons (Fsp3) is 0.800. The third-order valence-corrected chi connectivity index (χ3v) is 7.92. The molecule has 0 N–H and O–H groups in total. The van der Waals surface area contributed by atoms with Crippen LogP contribution in [-0.2, 0) is 0 Å². The molecule has 146 valence electrons. The quantitative estimate of drug-likeness (QED) is 0.481. The smallest absolute Gasteiger partial charge is 0.0507 e. The second kappa shape index (κ2) is 8.03. The molecule has 1 aliphatic heterocycles. The number of nitrogens with zero attached hydrogens (tertiary/aromatic N) is 1. The normalized spacial score (nSPS) is 42.8. The molecule has 2 aliphatic carbocycles. The first-order chi connectivity index (χ1) is 12.3. The van der Waals surface area contributed by atoms with Gasteiger partial charge in [-0.2, -0.15) is 0 Å². The zero-order chi connectivity index (χ0) is 19.0. The molecule has 1 saturated carbocycles. The molecule has 0 spiro atoms. The van der Waals surface area contributed by atoms with E-state index in [2.05, 4.69) is 66.3 Å². The number of hydrogen-bond acceptors (Lipinski definition) is 1. The molecule has 0 amide bonds. The van der Waals surface area contributed by atoms with Gasteiger partial charge in [0.25, 0.3) is 0 Å². The van der Waals surface area contributed by atoms with Crippen molar-refractivity contribution in [2.45, 2.75) is 73.3 Å².